The molecule has 0 aliphatic rings. The average Bonchev–Trinajstić information content (AvgIpc) is 0.811. The normalized spacial score (nSPS) is 4.11. The summed E-state index contributed by atoms with van der Waals surface area (Å²) in [6.45, 7) is 4.36. The standard InChI is InChI=1S/C3H7.Al.4BrH.Mg/c1-3-2;;;;;;/h3H,1-2H3;;4*1H;/q;+3;;;;;+1/p-4. The van der Waals surface area contributed by atoms with Crippen LogP contribution in [0, 0.1) is 0 Å². The van der Waals surface area contributed by atoms with Gasteiger partial charge < -0.3 is 67.9 Å². The first kappa shape index (κ1) is 39.8. The molecule has 0 aromatic rings. The van der Waals surface area contributed by atoms with E-state index in [0.29, 0.717) is 0 Å². The molecule has 0 aliphatic carbocycles. The third-order valence-electron chi connectivity index (χ3n) is 0. The topological polar surface area (TPSA) is 0 Å². The second kappa shape index (κ2) is 30.3. The van der Waals surface area contributed by atoms with E-state index >= 15 is 0 Å². The maximum atomic E-state index is 2.18. The molecule has 0 fully saturated rings. The van der Waals surface area contributed by atoms with Gasteiger partial charge in [0.25, 0.3) is 0 Å². The Bertz CT molecular complexity index is 20.5. The van der Waals surface area contributed by atoms with Crippen molar-refractivity contribution in [2.75, 3.05) is 0 Å². The van der Waals surface area contributed by atoms with Crippen LogP contribution in [0.1, 0.15) is 13.8 Å². The third kappa shape index (κ3) is 92.0. The minimum Gasteiger partial charge on any atom is -1.00 e. The SMILES string of the molecule is C[CH](C)[Mg+].[Al+3].[Br-].[Br-].[Br-].[Br-]. The molecular formula is C3H7AlBr4Mg. The second-order valence-corrected chi connectivity index (χ2v) is 3.03. The first-order valence-corrected chi connectivity index (χ1v) is 2.38. The van der Waals surface area contributed by atoms with E-state index in [-0.39, 0.29) is 85.3 Å². The Morgan fingerprint density at radius 1 is 0.889 bits per heavy atom. The molecule has 0 nitrogen and oxygen atoms in total. The van der Waals surface area contributed by atoms with Crippen LogP contribution in [0.2, 0.25) is 4.05 Å². The van der Waals surface area contributed by atoms with Gasteiger partial charge in [0.1, 0.15) is 0 Å². The van der Waals surface area contributed by atoms with Gasteiger partial charge in [-0.15, -0.1) is 0 Å². The zero-order valence-corrected chi connectivity index (χ0v) is 14.3. The fourth-order valence-electron chi connectivity index (χ4n) is 0. The van der Waals surface area contributed by atoms with E-state index in [1.807, 2.05) is 21.7 Å². The zero-order chi connectivity index (χ0) is 3.58. The van der Waals surface area contributed by atoms with Crippen molar-refractivity contribution in [2.24, 2.45) is 0 Å². The van der Waals surface area contributed by atoms with Crippen molar-refractivity contribution in [3.8, 4) is 0 Å². The molecule has 0 aliphatic heterocycles. The Labute approximate surface area is 123 Å². The summed E-state index contributed by atoms with van der Waals surface area (Å²) in [6, 6.07) is 0. The fourth-order valence-corrected chi connectivity index (χ4v) is 0. The number of rotatable bonds is 0. The molecule has 6 heteroatoms. The molecule has 0 heterocycles. The molecule has 0 N–H and O–H groups in total. The maximum Gasteiger partial charge on any atom is 3.00 e. The van der Waals surface area contributed by atoms with Crippen molar-refractivity contribution in [3.63, 3.8) is 0 Å². The summed E-state index contributed by atoms with van der Waals surface area (Å²) in [5.74, 6) is 0. The van der Waals surface area contributed by atoms with E-state index in [1.54, 1.807) is 0 Å². The van der Waals surface area contributed by atoms with Crippen LogP contribution < -0.4 is 67.9 Å². The summed E-state index contributed by atoms with van der Waals surface area (Å²) in [5.41, 5.74) is 0. The summed E-state index contributed by atoms with van der Waals surface area (Å²) in [4.78, 5) is 0. The maximum absolute atomic E-state index is 2.18. The summed E-state index contributed by atoms with van der Waals surface area (Å²) >= 11 is 2.00. The molecule has 52 valence electrons. The molecule has 0 spiro atoms. The Morgan fingerprint density at radius 2 is 0.889 bits per heavy atom. The molecule has 0 atom stereocenters. The smallest absolute Gasteiger partial charge is 1.00 e. The van der Waals surface area contributed by atoms with E-state index in [0.717, 1.165) is 4.05 Å². The van der Waals surface area contributed by atoms with Crippen LogP contribution >= 0.6 is 0 Å². The molecule has 0 saturated carbocycles. The molecule has 0 unspecified atom stereocenters. The first-order chi connectivity index (χ1) is 1.73. The molecule has 0 saturated heterocycles. The zero-order valence-electron chi connectivity index (χ0n) is 5.37. The van der Waals surface area contributed by atoms with Gasteiger partial charge >= 0.3 is 57.0 Å². The first-order valence-electron chi connectivity index (χ1n) is 1.56. The van der Waals surface area contributed by atoms with Crippen LogP contribution in [0.5, 0.6) is 0 Å². The van der Waals surface area contributed by atoms with E-state index in [1.165, 1.54) is 0 Å². The van der Waals surface area contributed by atoms with Gasteiger partial charge in [-0.2, -0.15) is 0 Å². The van der Waals surface area contributed by atoms with Gasteiger partial charge in [0, 0.05) is 0 Å². The van der Waals surface area contributed by atoms with Gasteiger partial charge in [0.15, 0.2) is 0 Å². The van der Waals surface area contributed by atoms with Crippen molar-refractivity contribution < 1.29 is 67.9 Å². The molecule has 0 amide bonds. The van der Waals surface area contributed by atoms with Gasteiger partial charge in [-0.05, 0) is 0 Å². The van der Waals surface area contributed by atoms with Crippen LogP contribution in [0.15, 0.2) is 0 Å². The Hall–Kier alpha value is 3.22. The van der Waals surface area contributed by atoms with Gasteiger partial charge in [-0.25, -0.2) is 0 Å². The second-order valence-electron chi connectivity index (χ2n) is 1.39. The molecular weight excluding hydrogens is 407 g/mol. The van der Waals surface area contributed by atoms with Gasteiger partial charge in [0.2, 0.25) is 0 Å². The van der Waals surface area contributed by atoms with Crippen molar-refractivity contribution in [3.05, 3.63) is 0 Å². The van der Waals surface area contributed by atoms with Crippen molar-refractivity contribution in [1.29, 1.82) is 0 Å². The summed E-state index contributed by atoms with van der Waals surface area (Å²) < 4.78 is 0.861. The van der Waals surface area contributed by atoms with Gasteiger partial charge in [-0.3, -0.25) is 0 Å². The number of hydrogen-bond acceptors (Lipinski definition) is 0. The fraction of sp³-hybridized carbons (Fsp3) is 1.00. The van der Waals surface area contributed by atoms with Crippen LogP contribution in [-0.2, 0) is 0 Å². The van der Waals surface area contributed by atoms with Crippen molar-refractivity contribution >= 4 is 39.1 Å². The van der Waals surface area contributed by atoms with Crippen LogP contribution in [-0.4, -0.2) is 39.1 Å². The molecule has 0 aromatic heterocycles. The van der Waals surface area contributed by atoms with Crippen LogP contribution in [0.4, 0.5) is 0 Å². The van der Waals surface area contributed by atoms with E-state index < -0.39 is 0 Å². The van der Waals surface area contributed by atoms with E-state index in [4.69, 9.17) is 0 Å². The molecule has 0 radical (unpaired) electrons. The average molecular weight is 414 g/mol. The Morgan fingerprint density at radius 3 is 0.889 bits per heavy atom. The summed E-state index contributed by atoms with van der Waals surface area (Å²) in [7, 11) is 0. The summed E-state index contributed by atoms with van der Waals surface area (Å²) in [5, 5.41) is 0. The largest absolute Gasteiger partial charge is 3.00 e. The summed E-state index contributed by atoms with van der Waals surface area (Å²) in [6.07, 6.45) is 0. The minimum absolute atomic E-state index is 0. The Kier molecular flexibility index (Phi) is 134. The monoisotopic (exact) mass is 410 g/mol. The van der Waals surface area contributed by atoms with E-state index in [2.05, 4.69) is 13.8 Å². The Balaban J connectivity index is -0.00000000450. The molecule has 0 aromatic carbocycles. The predicted octanol–water partition coefficient (Wildman–Crippen LogP) is -11.4. The van der Waals surface area contributed by atoms with Gasteiger partial charge in [0.05, 0.1) is 0 Å². The number of halogens is 4. The van der Waals surface area contributed by atoms with Crippen LogP contribution in [0.25, 0.3) is 0 Å². The molecule has 0 bridgehead atoms. The quantitative estimate of drug-likeness (QED) is 0.346. The predicted molar refractivity (Wildman–Crippen MR) is 26.6 cm³/mol. The molecule has 9 heavy (non-hydrogen) atoms. The molecule has 0 rings (SSSR count). The minimum atomic E-state index is 0. The van der Waals surface area contributed by atoms with E-state index in [9.17, 15) is 0 Å². The van der Waals surface area contributed by atoms with Gasteiger partial charge in [-0.1, -0.05) is 0 Å². The van der Waals surface area contributed by atoms with Crippen LogP contribution in [0.3, 0.4) is 0 Å². The number of hydrogen-bond donors (Lipinski definition) is 0. The van der Waals surface area contributed by atoms with Crippen molar-refractivity contribution in [1.82, 2.24) is 0 Å². The third-order valence-corrected chi connectivity index (χ3v) is 0. The van der Waals surface area contributed by atoms with Crippen molar-refractivity contribution in [2.45, 2.75) is 17.9 Å².